The van der Waals surface area contributed by atoms with Crippen LogP contribution in [0.1, 0.15) is 19.2 Å². The molecule has 0 spiro atoms. The summed E-state index contributed by atoms with van der Waals surface area (Å²) in [5.41, 5.74) is 5.41. The topological polar surface area (TPSA) is 103 Å². The van der Waals surface area contributed by atoms with Crippen molar-refractivity contribution in [1.29, 1.82) is 0 Å². The largest absolute Gasteiger partial charge is 0.329 e. The van der Waals surface area contributed by atoms with Crippen LogP contribution in [0.2, 0.25) is 0 Å². The van der Waals surface area contributed by atoms with Gasteiger partial charge in [0.15, 0.2) is 0 Å². The summed E-state index contributed by atoms with van der Waals surface area (Å²) in [5.74, 6) is 0.744. The Bertz CT molecular complexity index is 438. The van der Waals surface area contributed by atoms with Crippen LogP contribution < -0.4 is 10.5 Å². The summed E-state index contributed by atoms with van der Waals surface area (Å²) in [6.45, 7) is 2.25. The molecule has 17 heavy (non-hydrogen) atoms. The van der Waals surface area contributed by atoms with E-state index < -0.39 is 15.3 Å². The van der Waals surface area contributed by atoms with Crippen molar-refractivity contribution in [3.8, 4) is 0 Å². The Labute approximate surface area is 101 Å². The average Bonchev–Trinajstić information content (AvgIpc) is 2.65. The van der Waals surface area contributed by atoms with Crippen LogP contribution in [0.25, 0.3) is 0 Å². The second-order valence-electron chi connectivity index (χ2n) is 3.81. The zero-order chi connectivity index (χ0) is 12.9. The van der Waals surface area contributed by atoms with E-state index in [1.807, 2.05) is 7.05 Å². The van der Waals surface area contributed by atoms with Gasteiger partial charge in [0.05, 0.1) is 5.25 Å². The molecule has 0 aliphatic rings. The fourth-order valence-corrected chi connectivity index (χ4v) is 2.78. The molecule has 98 valence electrons. The number of nitrogens with zero attached hydrogens (tertiary/aromatic N) is 3. The number of hydrogen-bond acceptors (Lipinski definition) is 5. The molecule has 0 aliphatic heterocycles. The van der Waals surface area contributed by atoms with Gasteiger partial charge < -0.3 is 10.3 Å². The molecule has 1 aromatic rings. The first-order valence-electron chi connectivity index (χ1n) is 5.52. The van der Waals surface area contributed by atoms with E-state index in [1.54, 1.807) is 17.8 Å². The van der Waals surface area contributed by atoms with Gasteiger partial charge in [0.1, 0.15) is 12.2 Å². The van der Waals surface area contributed by atoms with E-state index in [2.05, 4.69) is 14.9 Å². The maximum Gasteiger partial charge on any atom is 0.215 e. The van der Waals surface area contributed by atoms with Gasteiger partial charge in [-0.25, -0.2) is 13.1 Å². The van der Waals surface area contributed by atoms with Crippen LogP contribution in [0.4, 0.5) is 0 Å². The van der Waals surface area contributed by atoms with Crippen molar-refractivity contribution in [3.05, 3.63) is 12.2 Å². The lowest BCUT2D eigenvalue weighted by atomic mass is 10.3. The number of rotatable bonds is 7. The van der Waals surface area contributed by atoms with Crippen LogP contribution in [-0.2, 0) is 23.5 Å². The van der Waals surface area contributed by atoms with Crippen molar-refractivity contribution in [3.63, 3.8) is 0 Å². The van der Waals surface area contributed by atoms with E-state index in [0.717, 1.165) is 5.82 Å². The van der Waals surface area contributed by atoms with Crippen molar-refractivity contribution in [1.82, 2.24) is 19.5 Å². The van der Waals surface area contributed by atoms with Crippen LogP contribution in [0, 0.1) is 0 Å². The molecule has 0 amide bonds. The van der Waals surface area contributed by atoms with Gasteiger partial charge in [0, 0.05) is 26.6 Å². The fourth-order valence-electron chi connectivity index (χ4n) is 1.47. The summed E-state index contributed by atoms with van der Waals surface area (Å²) in [5, 5.41) is 7.07. The van der Waals surface area contributed by atoms with E-state index in [0.29, 0.717) is 19.4 Å². The average molecular weight is 261 g/mol. The van der Waals surface area contributed by atoms with Gasteiger partial charge >= 0.3 is 0 Å². The van der Waals surface area contributed by atoms with Gasteiger partial charge in [-0.3, -0.25) is 0 Å². The maximum absolute atomic E-state index is 11.8. The first kappa shape index (κ1) is 14.1. The number of nitrogens with one attached hydrogen (secondary N) is 1. The Morgan fingerprint density at radius 1 is 1.59 bits per heavy atom. The minimum absolute atomic E-state index is 0.135. The van der Waals surface area contributed by atoms with E-state index >= 15 is 0 Å². The third-order valence-corrected chi connectivity index (χ3v) is 4.62. The van der Waals surface area contributed by atoms with E-state index in [4.69, 9.17) is 5.73 Å². The molecule has 0 saturated carbocycles. The Kier molecular flexibility index (Phi) is 5.03. The minimum Gasteiger partial charge on any atom is -0.329 e. The summed E-state index contributed by atoms with van der Waals surface area (Å²) in [4.78, 5) is 0. The van der Waals surface area contributed by atoms with Gasteiger partial charge in [-0.2, -0.15) is 0 Å². The lowest BCUT2D eigenvalue weighted by molar-refractivity contribution is 0.560. The zero-order valence-electron chi connectivity index (χ0n) is 10.1. The summed E-state index contributed by atoms with van der Waals surface area (Å²) < 4.78 is 27.8. The Balaban J connectivity index is 2.48. The third kappa shape index (κ3) is 3.76. The summed E-state index contributed by atoms with van der Waals surface area (Å²) >= 11 is 0. The standard InChI is InChI=1S/C9H19N5O2S/c1-3-8(6-10)17(15,16)12-5-4-9-13-11-7-14(9)2/h7-8,12H,3-6,10H2,1-2H3. The number of aryl methyl sites for hydroxylation is 1. The Hall–Kier alpha value is -0.990. The predicted octanol–water partition coefficient (Wildman–Crippen LogP) is -0.986. The molecule has 1 atom stereocenters. The number of hydrogen-bond donors (Lipinski definition) is 2. The molecule has 8 heteroatoms. The second kappa shape index (κ2) is 6.08. The molecule has 0 aliphatic carbocycles. The zero-order valence-corrected chi connectivity index (χ0v) is 10.9. The Morgan fingerprint density at radius 3 is 2.76 bits per heavy atom. The lowest BCUT2D eigenvalue weighted by Gasteiger charge is -2.14. The lowest BCUT2D eigenvalue weighted by Crippen LogP contribution is -2.39. The molecule has 1 aromatic heterocycles. The highest BCUT2D eigenvalue weighted by Crippen LogP contribution is 2.02. The summed E-state index contributed by atoms with van der Waals surface area (Å²) in [6.07, 6.45) is 2.60. The normalized spacial score (nSPS) is 13.8. The minimum atomic E-state index is -3.32. The molecule has 0 radical (unpaired) electrons. The Morgan fingerprint density at radius 2 is 2.29 bits per heavy atom. The molecule has 1 rings (SSSR count). The summed E-state index contributed by atoms with van der Waals surface area (Å²) in [6, 6.07) is 0. The number of aromatic nitrogens is 3. The van der Waals surface area contributed by atoms with Gasteiger partial charge in [0.25, 0.3) is 0 Å². The van der Waals surface area contributed by atoms with Crippen molar-refractivity contribution in [2.24, 2.45) is 12.8 Å². The summed E-state index contributed by atoms with van der Waals surface area (Å²) in [7, 11) is -1.50. The monoisotopic (exact) mass is 261 g/mol. The van der Waals surface area contributed by atoms with Gasteiger partial charge in [0.2, 0.25) is 10.0 Å². The van der Waals surface area contributed by atoms with Crippen molar-refractivity contribution < 1.29 is 8.42 Å². The predicted molar refractivity (Wildman–Crippen MR) is 64.8 cm³/mol. The highest BCUT2D eigenvalue weighted by Gasteiger charge is 2.21. The van der Waals surface area contributed by atoms with Crippen LogP contribution in [0.15, 0.2) is 6.33 Å². The molecule has 0 saturated heterocycles. The van der Waals surface area contributed by atoms with Crippen LogP contribution in [0.3, 0.4) is 0 Å². The fraction of sp³-hybridized carbons (Fsp3) is 0.778. The highest BCUT2D eigenvalue weighted by atomic mass is 32.2. The molecular weight excluding hydrogens is 242 g/mol. The van der Waals surface area contributed by atoms with Gasteiger partial charge in [-0.1, -0.05) is 6.92 Å². The molecule has 3 N–H and O–H groups in total. The van der Waals surface area contributed by atoms with Crippen molar-refractivity contribution >= 4 is 10.0 Å². The smallest absolute Gasteiger partial charge is 0.215 e. The highest BCUT2D eigenvalue weighted by molar-refractivity contribution is 7.90. The molecule has 0 fully saturated rings. The molecule has 0 aromatic carbocycles. The molecule has 7 nitrogen and oxygen atoms in total. The quantitative estimate of drug-likeness (QED) is 0.656. The van der Waals surface area contributed by atoms with E-state index in [1.165, 1.54) is 0 Å². The van der Waals surface area contributed by atoms with Gasteiger partial charge in [-0.15, -0.1) is 10.2 Å². The third-order valence-electron chi connectivity index (χ3n) is 2.61. The van der Waals surface area contributed by atoms with Crippen molar-refractivity contribution in [2.75, 3.05) is 13.1 Å². The van der Waals surface area contributed by atoms with Crippen LogP contribution >= 0.6 is 0 Å². The first-order valence-corrected chi connectivity index (χ1v) is 7.07. The number of nitrogens with two attached hydrogens (primary N) is 1. The molecule has 1 unspecified atom stereocenters. The molecular formula is C9H19N5O2S. The maximum atomic E-state index is 11.8. The van der Waals surface area contributed by atoms with E-state index in [9.17, 15) is 8.42 Å². The van der Waals surface area contributed by atoms with Crippen molar-refractivity contribution in [2.45, 2.75) is 25.0 Å². The second-order valence-corrected chi connectivity index (χ2v) is 5.86. The first-order chi connectivity index (χ1) is 8.01. The molecule has 0 bridgehead atoms. The molecule has 1 heterocycles. The van der Waals surface area contributed by atoms with E-state index in [-0.39, 0.29) is 6.54 Å². The number of sulfonamides is 1. The SMILES string of the molecule is CCC(CN)S(=O)(=O)NCCc1nncn1C. The van der Waals surface area contributed by atoms with Crippen LogP contribution in [-0.4, -0.2) is 41.5 Å². The van der Waals surface area contributed by atoms with Gasteiger partial charge in [-0.05, 0) is 6.42 Å². The van der Waals surface area contributed by atoms with Crippen LogP contribution in [0.5, 0.6) is 0 Å².